The maximum absolute atomic E-state index is 13.2. The number of amidine groups is 1. The van der Waals surface area contributed by atoms with Crippen LogP contribution >= 0.6 is 0 Å². The number of aliphatic hydroxyl groups is 3. The first-order chi connectivity index (χ1) is 18.8. The van der Waals surface area contributed by atoms with E-state index in [1.165, 1.54) is 6.07 Å². The van der Waals surface area contributed by atoms with Crippen molar-refractivity contribution >= 4 is 32.8 Å². The molecule has 12 N–H and O–H groups in total. The number of benzene rings is 3. The monoisotopic (exact) mass is 570 g/mol. The average Bonchev–Trinajstić information content (AvgIpc) is 3.35. The van der Waals surface area contributed by atoms with Crippen molar-refractivity contribution in [3.8, 4) is 34.0 Å². The Hall–Kier alpha value is -4.54. The van der Waals surface area contributed by atoms with E-state index in [-0.39, 0.29) is 38.8 Å². The molecule has 14 nitrogen and oxygen atoms in total. The molecule has 0 fully saturated rings. The SMILES string of the molecule is N=C(N)c1ccc2nc(-c3cc(C(=O)NC(CO)(CO)CO)cc(-c4cc(S(N)(=O)=O)ccc4O)c3O)[nH]c2c1. The molecule has 0 aliphatic rings. The highest BCUT2D eigenvalue weighted by Crippen LogP contribution is 2.42. The number of hydrogen-bond acceptors (Lipinski definition) is 10. The number of hydrogen-bond donors (Lipinski definition) is 10. The third kappa shape index (κ3) is 5.31. The number of aromatic amines is 1. The number of H-pyrrole nitrogens is 1. The second kappa shape index (κ2) is 10.6. The first-order valence-corrected chi connectivity index (χ1v) is 13.1. The lowest BCUT2D eigenvalue weighted by Gasteiger charge is -2.28. The Kier molecular flexibility index (Phi) is 7.51. The fourth-order valence-electron chi connectivity index (χ4n) is 3.95. The number of carbonyl (C=O) groups excluding carboxylic acids is 1. The number of aromatic nitrogens is 2. The number of aliphatic hydroxyl groups excluding tert-OH is 3. The first kappa shape index (κ1) is 28.5. The maximum Gasteiger partial charge on any atom is 0.251 e. The number of primary sulfonamides is 1. The number of carbonyl (C=O) groups is 1. The summed E-state index contributed by atoms with van der Waals surface area (Å²) < 4.78 is 23.9. The molecule has 3 aromatic carbocycles. The number of nitrogen functional groups attached to an aromatic ring is 1. The summed E-state index contributed by atoms with van der Waals surface area (Å²) in [6.07, 6.45) is 0. The summed E-state index contributed by atoms with van der Waals surface area (Å²) in [5.41, 5.74) is 4.45. The van der Waals surface area contributed by atoms with Crippen LogP contribution < -0.4 is 16.2 Å². The number of nitrogens with zero attached hydrogens (tertiary/aromatic N) is 1. The molecule has 0 saturated heterocycles. The second-order valence-corrected chi connectivity index (χ2v) is 10.6. The van der Waals surface area contributed by atoms with Gasteiger partial charge in [-0.1, -0.05) is 0 Å². The van der Waals surface area contributed by atoms with Crippen molar-refractivity contribution in [1.82, 2.24) is 15.3 Å². The van der Waals surface area contributed by atoms with Crippen molar-refractivity contribution in [2.45, 2.75) is 10.4 Å². The minimum absolute atomic E-state index is 0.0498. The second-order valence-electron chi connectivity index (χ2n) is 9.08. The number of aromatic hydroxyl groups is 2. The largest absolute Gasteiger partial charge is 0.507 e. The van der Waals surface area contributed by atoms with E-state index in [4.69, 9.17) is 16.3 Å². The van der Waals surface area contributed by atoms with Crippen molar-refractivity contribution in [3.05, 3.63) is 59.7 Å². The van der Waals surface area contributed by atoms with E-state index >= 15 is 0 Å². The molecule has 0 bridgehead atoms. The molecule has 0 unspecified atom stereocenters. The molecule has 0 aliphatic heterocycles. The van der Waals surface area contributed by atoms with E-state index in [9.17, 15) is 38.7 Å². The third-order valence-electron chi connectivity index (χ3n) is 6.29. The predicted octanol–water partition coefficient (Wildman–Crippen LogP) is -0.315. The van der Waals surface area contributed by atoms with E-state index < -0.39 is 52.8 Å². The highest BCUT2D eigenvalue weighted by molar-refractivity contribution is 7.89. The van der Waals surface area contributed by atoms with Crippen molar-refractivity contribution in [2.24, 2.45) is 10.9 Å². The topological polar surface area (TPSA) is 269 Å². The predicted molar refractivity (Wildman–Crippen MR) is 144 cm³/mol. The lowest BCUT2D eigenvalue weighted by molar-refractivity contribution is 0.0375. The van der Waals surface area contributed by atoms with Gasteiger partial charge in [-0.05, 0) is 48.5 Å². The summed E-state index contributed by atoms with van der Waals surface area (Å²) in [4.78, 5) is 20.3. The summed E-state index contributed by atoms with van der Waals surface area (Å²) in [5, 5.41) is 66.1. The van der Waals surface area contributed by atoms with Gasteiger partial charge in [0.2, 0.25) is 10.0 Å². The fourth-order valence-corrected chi connectivity index (χ4v) is 4.49. The molecular weight excluding hydrogens is 544 g/mol. The van der Waals surface area contributed by atoms with Crippen LogP contribution in [0.4, 0.5) is 0 Å². The van der Waals surface area contributed by atoms with E-state index in [1.54, 1.807) is 18.2 Å². The van der Waals surface area contributed by atoms with Crippen molar-refractivity contribution < 1.29 is 38.7 Å². The quantitative estimate of drug-likeness (QED) is 0.0925. The number of fused-ring (bicyclic) bond motifs is 1. The lowest BCUT2D eigenvalue weighted by atomic mass is 9.95. The van der Waals surface area contributed by atoms with Gasteiger partial charge in [-0.2, -0.15) is 0 Å². The smallest absolute Gasteiger partial charge is 0.251 e. The number of nitrogens with one attached hydrogen (secondary N) is 3. The molecule has 0 aliphatic carbocycles. The Morgan fingerprint density at radius 1 is 0.950 bits per heavy atom. The zero-order chi connectivity index (χ0) is 29.4. The number of sulfonamides is 1. The van der Waals surface area contributed by atoms with Gasteiger partial charge >= 0.3 is 0 Å². The molecule has 0 saturated carbocycles. The summed E-state index contributed by atoms with van der Waals surface area (Å²) in [7, 11) is -4.22. The Morgan fingerprint density at radius 2 is 1.60 bits per heavy atom. The lowest BCUT2D eigenvalue weighted by Crippen LogP contribution is -2.57. The zero-order valence-electron chi connectivity index (χ0n) is 20.7. The molecule has 4 aromatic rings. The molecule has 0 radical (unpaired) electrons. The van der Waals surface area contributed by atoms with Crippen LogP contribution in [0.1, 0.15) is 15.9 Å². The molecular formula is C25H26N6O8S. The summed E-state index contributed by atoms with van der Waals surface area (Å²) in [6.45, 7) is -2.41. The minimum atomic E-state index is -4.22. The molecule has 1 heterocycles. The summed E-state index contributed by atoms with van der Waals surface area (Å²) in [6, 6.07) is 10.2. The van der Waals surface area contributed by atoms with Crippen LogP contribution in [0.5, 0.6) is 11.5 Å². The van der Waals surface area contributed by atoms with Gasteiger partial charge in [-0.3, -0.25) is 10.2 Å². The molecule has 1 aromatic heterocycles. The van der Waals surface area contributed by atoms with Crippen molar-refractivity contribution in [1.29, 1.82) is 5.41 Å². The van der Waals surface area contributed by atoms with Crippen molar-refractivity contribution in [2.75, 3.05) is 19.8 Å². The number of phenols is 2. The standard InChI is InChI=1S/C25H26N6O8S/c26-22(27)12-1-3-18-19(7-12)30-23(29-18)17-6-13(24(37)31-25(9-32,10-33)11-34)5-16(21(17)36)15-8-14(40(28,38)39)2-4-20(15)35/h1-8,32-36H,9-11H2,(H3,26,27)(H,29,30)(H,31,37)(H2,28,38,39). The third-order valence-corrected chi connectivity index (χ3v) is 7.20. The zero-order valence-corrected chi connectivity index (χ0v) is 21.5. The van der Waals surface area contributed by atoms with Gasteiger partial charge in [0.1, 0.15) is 28.7 Å². The van der Waals surface area contributed by atoms with E-state index in [2.05, 4.69) is 15.3 Å². The van der Waals surface area contributed by atoms with Gasteiger partial charge < -0.3 is 41.6 Å². The van der Waals surface area contributed by atoms with Crippen LogP contribution in [-0.2, 0) is 10.0 Å². The van der Waals surface area contributed by atoms with Crippen molar-refractivity contribution in [3.63, 3.8) is 0 Å². The Labute approximate surface area is 227 Å². The highest BCUT2D eigenvalue weighted by atomic mass is 32.2. The number of rotatable bonds is 9. The fraction of sp³-hybridized carbons (Fsp3) is 0.160. The highest BCUT2D eigenvalue weighted by Gasteiger charge is 2.31. The van der Waals surface area contributed by atoms with Crippen LogP contribution in [0.15, 0.2) is 53.4 Å². The minimum Gasteiger partial charge on any atom is -0.507 e. The van der Waals surface area contributed by atoms with E-state index in [0.717, 1.165) is 24.3 Å². The van der Waals surface area contributed by atoms with Gasteiger partial charge in [-0.25, -0.2) is 18.5 Å². The number of nitrogens with two attached hydrogens (primary N) is 2. The van der Waals surface area contributed by atoms with Gasteiger partial charge in [0, 0.05) is 22.3 Å². The summed E-state index contributed by atoms with van der Waals surface area (Å²) >= 11 is 0. The van der Waals surface area contributed by atoms with Gasteiger partial charge in [0.05, 0.1) is 41.3 Å². The van der Waals surface area contributed by atoms with E-state index in [0.29, 0.717) is 16.6 Å². The van der Waals surface area contributed by atoms with E-state index in [1.807, 2.05) is 0 Å². The van der Waals surface area contributed by atoms with Crippen LogP contribution in [0, 0.1) is 5.41 Å². The molecule has 15 heteroatoms. The van der Waals surface area contributed by atoms with Gasteiger partial charge in [0.25, 0.3) is 5.91 Å². The Morgan fingerprint density at radius 3 is 2.20 bits per heavy atom. The van der Waals surface area contributed by atoms with Crippen LogP contribution in [-0.4, -0.2) is 81.0 Å². The van der Waals surface area contributed by atoms with Crippen LogP contribution in [0.25, 0.3) is 33.5 Å². The maximum atomic E-state index is 13.2. The number of imidazole rings is 1. The number of phenolic OH excluding ortho intramolecular Hbond substituents is 2. The molecule has 210 valence electrons. The van der Waals surface area contributed by atoms with Crippen LogP contribution in [0.3, 0.4) is 0 Å². The Bertz CT molecular complexity index is 1740. The molecule has 1 amide bonds. The van der Waals surface area contributed by atoms with Gasteiger partial charge in [0.15, 0.2) is 0 Å². The molecule has 4 rings (SSSR count). The van der Waals surface area contributed by atoms with Gasteiger partial charge in [-0.15, -0.1) is 0 Å². The molecule has 0 spiro atoms. The average molecular weight is 571 g/mol. The molecule has 0 atom stereocenters. The summed E-state index contributed by atoms with van der Waals surface area (Å²) in [5.74, 6) is -1.97. The molecule has 40 heavy (non-hydrogen) atoms. The van der Waals surface area contributed by atoms with Crippen LogP contribution in [0.2, 0.25) is 0 Å². The normalized spacial score (nSPS) is 12.0. The first-order valence-electron chi connectivity index (χ1n) is 11.6. The number of amides is 1. The Balaban J connectivity index is 1.97.